The Balaban J connectivity index is 1.72. The minimum Gasteiger partial charge on any atom is -0.287 e. The van der Waals surface area contributed by atoms with E-state index in [4.69, 9.17) is 0 Å². The molecule has 1 aromatic heterocycles. The summed E-state index contributed by atoms with van der Waals surface area (Å²) in [5.74, 6) is 0.846. The second kappa shape index (κ2) is 5.44. The lowest BCUT2D eigenvalue weighted by Gasteiger charge is -2.26. The number of amides is 2. The summed E-state index contributed by atoms with van der Waals surface area (Å²) in [5, 5.41) is 0.985. The summed E-state index contributed by atoms with van der Waals surface area (Å²) in [7, 11) is 1.59. The van der Waals surface area contributed by atoms with E-state index in [2.05, 4.69) is 4.90 Å². The molecule has 0 N–H and O–H groups in total. The highest BCUT2D eigenvalue weighted by Crippen LogP contribution is 2.54. The average molecular weight is 369 g/mol. The molecule has 3 aliphatic rings. The predicted molar refractivity (Wildman–Crippen MR) is 98.7 cm³/mol. The molecule has 0 unspecified atom stereocenters. The first-order valence-corrected chi connectivity index (χ1v) is 9.92. The van der Waals surface area contributed by atoms with Gasteiger partial charge in [0.2, 0.25) is 17.7 Å². The molecule has 1 aromatic carbocycles. The Morgan fingerprint density at radius 3 is 2.65 bits per heavy atom. The maximum absolute atomic E-state index is 12.9. The number of hydrogen-bond donors (Lipinski definition) is 0. The van der Waals surface area contributed by atoms with Gasteiger partial charge in [-0.05, 0) is 11.6 Å². The van der Waals surface area contributed by atoms with Gasteiger partial charge < -0.3 is 0 Å². The first-order chi connectivity index (χ1) is 12.5. The molecule has 0 aliphatic carbocycles. The molecule has 0 spiro atoms. The maximum atomic E-state index is 12.9. The van der Waals surface area contributed by atoms with E-state index in [-0.39, 0.29) is 41.6 Å². The van der Waals surface area contributed by atoms with E-state index < -0.39 is 0 Å². The molecule has 0 bridgehead atoms. The molecule has 0 saturated carbocycles. The lowest BCUT2D eigenvalue weighted by atomic mass is 9.86. The Labute approximate surface area is 155 Å². The number of benzene rings is 1. The molecule has 6 nitrogen and oxygen atoms in total. The van der Waals surface area contributed by atoms with E-state index in [0.717, 1.165) is 28.1 Å². The fraction of sp³-hybridized carbons (Fsp3) is 0.421. The molecule has 5 rings (SSSR count). The molecule has 0 radical (unpaired) electrons. The van der Waals surface area contributed by atoms with Crippen LogP contribution in [0.3, 0.4) is 0 Å². The van der Waals surface area contributed by atoms with Gasteiger partial charge in [0.1, 0.15) is 0 Å². The highest BCUT2D eigenvalue weighted by Gasteiger charge is 2.62. The number of fused-ring (bicyclic) bond motifs is 4. The first kappa shape index (κ1) is 16.1. The molecule has 3 saturated heterocycles. The van der Waals surface area contributed by atoms with Crippen molar-refractivity contribution in [3.63, 3.8) is 0 Å². The lowest BCUT2D eigenvalue weighted by Crippen LogP contribution is -2.38. The second-order valence-corrected chi connectivity index (χ2v) is 8.30. The normalized spacial score (nSPS) is 31.1. The van der Waals surface area contributed by atoms with Crippen LogP contribution in [0.4, 0.5) is 0 Å². The topological polar surface area (TPSA) is 62.6 Å². The number of carbonyl (C=O) groups excluding carboxylic acids is 3. The van der Waals surface area contributed by atoms with Gasteiger partial charge in [-0.1, -0.05) is 18.2 Å². The zero-order valence-corrected chi connectivity index (χ0v) is 15.4. The van der Waals surface area contributed by atoms with Gasteiger partial charge >= 0.3 is 0 Å². The van der Waals surface area contributed by atoms with Crippen LogP contribution in [0.25, 0.3) is 10.9 Å². The number of para-hydroxylation sites is 1. The lowest BCUT2D eigenvalue weighted by molar-refractivity contribution is -0.139. The van der Waals surface area contributed by atoms with Crippen LogP contribution in [-0.2, 0) is 9.59 Å². The number of thioether (sulfide) groups is 1. The molecule has 26 heavy (non-hydrogen) atoms. The highest BCUT2D eigenvalue weighted by molar-refractivity contribution is 7.99. The zero-order valence-electron chi connectivity index (χ0n) is 14.6. The SMILES string of the molecule is CC(=O)n1cc([C@@H]2[C@H]3C(=O)N(C)C(=O)[C@@H]3[C@H]3CSCN32)c2ccccc21. The van der Waals surface area contributed by atoms with Crippen molar-refractivity contribution in [2.75, 3.05) is 18.7 Å². The van der Waals surface area contributed by atoms with Crippen LogP contribution >= 0.6 is 11.8 Å². The van der Waals surface area contributed by atoms with Crippen molar-refractivity contribution in [2.45, 2.75) is 19.0 Å². The summed E-state index contributed by atoms with van der Waals surface area (Å²) in [5.41, 5.74) is 1.83. The third-order valence-corrected chi connectivity index (χ3v) is 7.14. The van der Waals surface area contributed by atoms with Gasteiger partial charge in [-0.3, -0.25) is 28.8 Å². The molecule has 3 fully saturated rings. The van der Waals surface area contributed by atoms with E-state index in [0.29, 0.717) is 0 Å². The number of likely N-dealkylation sites (tertiary alicyclic amines) is 1. The molecule has 2 aromatic rings. The standard InChI is InChI=1S/C19H19N3O3S/c1-10(23)21-7-12(11-5-3-4-6-13(11)21)17-16-15(14-8-26-9-22(14)17)18(24)20(2)19(16)25/h3-7,14-17H,8-9H2,1-2H3/t14-,15-,16+,17-/m1/s1. The number of aromatic nitrogens is 1. The Morgan fingerprint density at radius 1 is 1.15 bits per heavy atom. The van der Waals surface area contributed by atoms with E-state index in [1.165, 1.54) is 4.90 Å². The smallest absolute Gasteiger partial charge is 0.234 e. The van der Waals surface area contributed by atoms with Crippen LogP contribution in [0, 0.1) is 11.8 Å². The van der Waals surface area contributed by atoms with Gasteiger partial charge in [-0.15, -0.1) is 11.8 Å². The fourth-order valence-electron chi connectivity index (χ4n) is 4.95. The van der Waals surface area contributed by atoms with Crippen LogP contribution in [0.15, 0.2) is 30.5 Å². The van der Waals surface area contributed by atoms with Gasteiger partial charge in [0.25, 0.3) is 0 Å². The number of nitrogens with zero attached hydrogens (tertiary/aromatic N) is 3. The quantitative estimate of drug-likeness (QED) is 0.719. The fourth-order valence-corrected chi connectivity index (χ4v) is 6.25. The van der Waals surface area contributed by atoms with Crippen LogP contribution < -0.4 is 0 Å². The van der Waals surface area contributed by atoms with E-state index in [1.54, 1.807) is 30.3 Å². The Morgan fingerprint density at radius 2 is 1.88 bits per heavy atom. The van der Waals surface area contributed by atoms with Crippen molar-refractivity contribution in [3.8, 4) is 0 Å². The van der Waals surface area contributed by atoms with Crippen molar-refractivity contribution < 1.29 is 14.4 Å². The van der Waals surface area contributed by atoms with E-state index in [1.807, 2.05) is 30.5 Å². The van der Waals surface area contributed by atoms with Gasteiger partial charge in [-0.25, -0.2) is 0 Å². The third-order valence-electron chi connectivity index (χ3n) is 6.09. The molecular formula is C19H19N3O3S. The summed E-state index contributed by atoms with van der Waals surface area (Å²) in [6.07, 6.45) is 1.87. The van der Waals surface area contributed by atoms with Crippen molar-refractivity contribution in [1.82, 2.24) is 14.4 Å². The molecule has 3 aliphatic heterocycles. The molecule has 4 heterocycles. The minimum absolute atomic E-state index is 0.0553. The van der Waals surface area contributed by atoms with Crippen molar-refractivity contribution in [1.29, 1.82) is 0 Å². The van der Waals surface area contributed by atoms with Gasteiger partial charge in [0.05, 0.1) is 23.4 Å². The van der Waals surface area contributed by atoms with Crippen molar-refractivity contribution in [3.05, 3.63) is 36.0 Å². The Hall–Kier alpha value is -2.12. The van der Waals surface area contributed by atoms with Gasteiger partial charge in [-0.2, -0.15) is 0 Å². The second-order valence-electron chi connectivity index (χ2n) is 7.30. The van der Waals surface area contributed by atoms with Crippen LogP contribution in [0.1, 0.15) is 23.3 Å². The number of rotatable bonds is 1. The van der Waals surface area contributed by atoms with E-state index >= 15 is 0 Å². The Bertz CT molecular complexity index is 968. The molecule has 7 heteroatoms. The summed E-state index contributed by atoms with van der Waals surface area (Å²) >= 11 is 1.81. The number of carbonyl (C=O) groups is 3. The molecule has 2 amide bonds. The maximum Gasteiger partial charge on any atom is 0.234 e. The molecule has 4 atom stereocenters. The van der Waals surface area contributed by atoms with Gasteiger partial charge in [0, 0.05) is 43.2 Å². The minimum atomic E-state index is -0.357. The largest absolute Gasteiger partial charge is 0.287 e. The van der Waals surface area contributed by atoms with E-state index in [9.17, 15) is 14.4 Å². The zero-order chi connectivity index (χ0) is 18.2. The average Bonchev–Trinajstić information content (AvgIpc) is 3.34. The van der Waals surface area contributed by atoms with Crippen molar-refractivity contribution >= 4 is 40.4 Å². The predicted octanol–water partition coefficient (Wildman–Crippen LogP) is 1.96. The molecular weight excluding hydrogens is 350 g/mol. The van der Waals surface area contributed by atoms with Crippen molar-refractivity contribution in [2.24, 2.45) is 11.8 Å². The summed E-state index contributed by atoms with van der Waals surface area (Å²) < 4.78 is 1.65. The Kier molecular flexibility index (Phi) is 3.36. The van der Waals surface area contributed by atoms with Crippen LogP contribution in [0.2, 0.25) is 0 Å². The molecule has 134 valence electrons. The van der Waals surface area contributed by atoms with Crippen LogP contribution in [0.5, 0.6) is 0 Å². The highest BCUT2D eigenvalue weighted by atomic mass is 32.2. The third kappa shape index (κ3) is 1.90. The first-order valence-electron chi connectivity index (χ1n) is 8.76. The van der Waals surface area contributed by atoms with Gasteiger partial charge in [0.15, 0.2) is 0 Å². The summed E-state index contributed by atoms with van der Waals surface area (Å²) in [6, 6.07) is 7.72. The summed E-state index contributed by atoms with van der Waals surface area (Å²) in [4.78, 5) is 41.3. The van der Waals surface area contributed by atoms with Crippen LogP contribution in [-0.4, -0.2) is 56.8 Å². The summed E-state index contributed by atoms with van der Waals surface area (Å²) in [6.45, 7) is 1.54. The number of hydrogen-bond acceptors (Lipinski definition) is 5. The number of imide groups is 1. The monoisotopic (exact) mass is 369 g/mol.